The molecule has 1 N–H and O–H groups in total. The average Bonchev–Trinajstić information content (AvgIpc) is 3.19. The van der Waals surface area contributed by atoms with Gasteiger partial charge in [0.1, 0.15) is 0 Å². The molecule has 2 aromatic carbocycles. The van der Waals surface area contributed by atoms with Crippen molar-refractivity contribution in [1.29, 1.82) is 0 Å². The van der Waals surface area contributed by atoms with E-state index in [2.05, 4.69) is 29.4 Å². The second-order valence-corrected chi connectivity index (χ2v) is 10.1. The van der Waals surface area contributed by atoms with E-state index in [4.69, 9.17) is 11.6 Å². The average molecular weight is 484 g/mol. The van der Waals surface area contributed by atoms with Gasteiger partial charge in [0.2, 0.25) is 5.78 Å². The molecule has 7 nitrogen and oxygen atoms in total. The number of rotatable bonds is 7. The van der Waals surface area contributed by atoms with Gasteiger partial charge in [-0.05, 0) is 55.7 Å². The lowest BCUT2D eigenvalue weighted by atomic mass is 10.1. The fourth-order valence-corrected chi connectivity index (χ4v) is 4.64. The molecule has 0 fully saturated rings. The zero-order chi connectivity index (χ0) is 23.7. The number of halogens is 1. The standard InChI is InChI=1S/C24H26ClN5O2S/c1-14(2)12-29-22(32)19-10-7-17(21(31)26-15(3)4)11-20(19)30-23(29)27-28-24(30)33-13-16-5-8-18(25)9-6-16/h5-11,14-15H,12-13H2,1-4H3,(H,26,31). The van der Waals surface area contributed by atoms with Gasteiger partial charge in [-0.2, -0.15) is 0 Å². The number of nitrogens with one attached hydrogen (secondary N) is 1. The fourth-order valence-electron chi connectivity index (χ4n) is 3.62. The van der Waals surface area contributed by atoms with Gasteiger partial charge in [0.25, 0.3) is 11.5 Å². The van der Waals surface area contributed by atoms with Crippen LogP contribution in [0, 0.1) is 5.92 Å². The number of fused-ring (bicyclic) bond motifs is 3. The predicted molar refractivity (Wildman–Crippen MR) is 133 cm³/mol. The first-order chi connectivity index (χ1) is 15.7. The van der Waals surface area contributed by atoms with Gasteiger partial charge < -0.3 is 5.32 Å². The molecule has 0 aliphatic heterocycles. The van der Waals surface area contributed by atoms with Gasteiger partial charge in [0, 0.05) is 28.9 Å². The van der Waals surface area contributed by atoms with E-state index in [0.29, 0.717) is 44.7 Å². The molecule has 1 amide bonds. The van der Waals surface area contributed by atoms with Gasteiger partial charge in [0.15, 0.2) is 5.16 Å². The Morgan fingerprint density at radius 2 is 1.82 bits per heavy atom. The van der Waals surface area contributed by atoms with E-state index in [-0.39, 0.29) is 23.4 Å². The second-order valence-electron chi connectivity index (χ2n) is 8.70. The summed E-state index contributed by atoms with van der Waals surface area (Å²) in [5.74, 6) is 1.20. The van der Waals surface area contributed by atoms with Crippen LogP contribution in [0.1, 0.15) is 43.6 Å². The Hall–Kier alpha value is -2.84. The summed E-state index contributed by atoms with van der Waals surface area (Å²) in [5.41, 5.74) is 2.07. The van der Waals surface area contributed by atoms with Crippen LogP contribution in [-0.4, -0.2) is 31.1 Å². The van der Waals surface area contributed by atoms with Crippen molar-refractivity contribution in [3.8, 4) is 0 Å². The number of hydrogen-bond acceptors (Lipinski definition) is 5. The maximum absolute atomic E-state index is 13.3. The van der Waals surface area contributed by atoms with Crippen LogP contribution in [0.3, 0.4) is 0 Å². The molecule has 33 heavy (non-hydrogen) atoms. The molecule has 9 heteroatoms. The lowest BCUT2D eigenvalue weighted by Crippen LogP contribution is -2.30. The third kappa shape index (κ3) is 4.91. The molecule has 2 heterocycles. The Morgan fingerprint density at radius 3 is 2.48 bits per heavy atom. The minimum absolute atomic E-state index is 0.00710. The first kappa shape index (κ1) is 23.3. The van der Waals surface area contributed by atoms with Crippen LogP contribution in [0.25, 0.3) is 16.7 Å². The molecule has 2 aromatic heterocycles. The largest absolute Gasteiger partial charge is 0.350 e. The third-order valence-electron chi connectivity index (χ3n) is 5.08. The van der Waals surface area contributed by atoms with Crippen molar-refractivity contribution in [1.82, 2.24) is 24.5 Å². The van der Waals surface area contributed by atoms with Crippen molar-refractivity contribution in [2.45, 2.75) is 51.2 Å². The van der Waals surface area contributed by atoms with E-state index in [9.17, 15) is 9.59 Å². The van der Waals surface area contributed by atoms with Crippen LogP contribution in [0.5, 0.6) is 0 Å². The van der Waals surface area contributed by atoms with Crippen LogP contribution >= 0.6 is 23.4 Å². The van der Waals surface area contributed by atoms with Crippen molar-refractivity contribution >= 4 is 46.0 Å². The number of aromatic nitrogens is 4. The third-order valence-corrected chi connectivity index (χ3v) is 6.33. The second kappa shape index (κ2) is 9.57. The zero-order valence-corrected chi connectivity index (χ0v) is 20.6. The number of carbonyl (C=O) groups excluding carboxylic acids is 1. The molecule has 172 valence electrons. The normalized spacial score (nSPS) is 11.7. The number of carbonyl (C=O) groups is 1. The number of amides is 1. The van der Waals surface area contributed by atoms with Crippen molar-refractivity contribution in [3.63, 3.8) is 0 Å². The topological polar surface area (TPSA) is 81.3 Å². The minimum atomic E-state index is -0.185. The summed E-state index contributed by atoms with van der Waals surface area (Å²) in [4.78, 5) is 26.0. The van der Waals surface area contributed by atoms with E-state index < -0.39 is 0 Å². The zero-order valence-electron chi connectivity index (χ0n) is 19.0. The minimum Gasteiger partial charge on any atom is -0.350 e. The first-order valence-electron chi connectivity index (χ1n) is 10.8. The Balaban J connectivity index is 1.87. The fraction of sp³-hybridized carbons (Fsp3) is 0.333. The smallest absolute Gasteiger partial charge is 0.262 e. The molecule has 0 spiro atoms. The predicted octanol–water partition coefficient (Wildman–Crippen LogP) is 4.78. The Morgan fingerprint density at radius 1 is 1.09 bits per heavy atom. The summed E-state index contributed by atoms with van der Waals surface area (Å²) in [7, 11) is 0. The highest BCUT2D eigenvalue weighted by Gasteiger charge is 2.19. The molecular formula is C24H26ClN5O2S. The monoisotopic (exact) mass is 483 g/mol. The van der Waals surface area contributed by atoms with Crippen LogP contribution in [0.15, 0.2) is 52.4 Å². The molecule has 0 saturated heterocycles. The maximum atomic E-state index is 13.3. The van der Waals surface area contributed by atoms with Crippen molar-refractivity contribution in [3.05, 3.63) is 69.0 Å². The van der Waals surface area contributed by atoms with E-state index in [1.54, 1.807) is 22.8 Å². The Kier molecular flexibility index (Phi) is 6.76. The van der Waals surface area contributed by atoms with Crippen LogP contribution in [0.4, 0.5) is 0 Å². The summed E-state index contributed by atoms with van der Waals surface area (Å²) in [6.07, 6.45) is 0. The van der Waals surface area contributed by atoms with E-state index in [1.165, 1.54) is 11.8 Å². The van der Waals surface area contributed by atoms with Crippen molar-refractivity contribution < 1.29 is 4.79 Å². The highest BCUT2D eigenvalue weighted by Crippen LogP contribution is 2.26. The number of nitrogens with zero attached hydrogens (tertiary/aromatic N) is 4. The Labute approximate surface area is 201 Å². The summed E-state index contributed by atoms with van der Waals surface area (Å²) in [5, 5.41) is 13.5. The van der Waals surface area contributed by atoms with Gasteiger partial charge in [-0.25, -0.2) is 0 Å². The molecule has 4 aromatic rings. The lowest BCUT2D eigenvalue weighted by Gasteiger charge is -2.14. The first-order valence-corrected chi connectivity index (χ1v) is 12.2. The van der Waals surface area contributed by atoms with E-state index in [1.807, 2.05) is 42.5 Å². The van der Waals surface area contributed by atoms with E-state index >= 15 is 0 Å². The van der Waals surface area contributed by atoms with E-state index in [0.717, 1.165) is 5.56 Å². The molecular weight excluding hydrogens is 458 g/mol. The number of hydrogen-bond donors (Lipinski definition) is 1. The molecule has 0 radical (unpaired) electrons. The van der Waals surface area contributed by atoms with Crippen molar-refractivity contribution in [2.24, 2.45) is 5.92 Å². The summed E-state index contributed by atoms with van der Waals surface area (Å²) in [6.45, 7) is 8.45. The SMILES string of the molecule is CC(C)Cn1c(=O)c2ccc(C(=O)NC(C)C)cc2n2c(SCc3ccc(Cl)cc3)nnc12. The summed E-state index contributed by atoms with van der Waals surface area (Å²) < 4.78 is 3.55. The molecule has 0 atom stereocenters. The molecule has 0 unspecified atom stereocenters. The van der Waals surface area contributed by atoms with Crippen LogP contribution in [-0.2, 0) is 12.3 Å². The molecule has 0 saturated carbocycles. The lowest BCUT2D eigenvalue weighted by molar-refractivity contribution is 0.0943. The van der Waals surface area contributed by atoms with Gasteiger partial charge in [-0.15, -0.1) is 10.2 Å². The number of benzene rings is 2. The molecule has 0 aliphatic carbocycles. The van der Waals surface area contributed by atoms with Crippen LogP contribution in [0.2, 0.25) is 5.02 Å². The molecule has 4 rings (SSSR count). The van der Waals surface area contributed by atoms with Crippen molar-refractivity contribution in [2.75, 3.05) is 0 Å². The molecule has 0 aliphatic rings. The number of thioether (sulfide) groups is 1. The molecule has 0 bridgehead atoms. The van der Waals surface area contributed by atoms with Gasteiger partial charge in [0.05, 0.1) is 10.9 Å². The van der Waals surface area contributed by atoms with Gasteiger partial charge in [-0.3, -0.25) is 18.6 Å². The Bertz CT molecular complexity index is 1380. The highest BCUT2D eigenvalue weighted by atomic mass is 35.5. The highest BCUT2D eigenvalue weighted by molar-refractivity contribution is 7.98. The maximum Gasteiger partial charge on any atom is 0.262 e. The van der Waals surface area contributed by atoms with Crippen LogP contribution < -0.4 is 10.9 Å². The van der Waals surface area contributed by atoms with Gasteiger partial charge >= 0.3 is 0 Å². The quantitative estimate of drug-likeness (QED) is 0.382. The van der Waals surface area contributed by atoms with Gasteiger partial charge in [-0.1, -0.05) is 49.3 Å². The summed E-state index contributed by atoms with van der Waals surface area (Å²) >= 11 is 7.52. The summed E-state index contributed by atoms with van der Waals surface area (Å²) in [6, 6.07) is 12.8.